The van der Waals surface area contributed by atoms with Gasteiger partial charge in [-0.15, -0.1) is 24.0 Å². The van der Waals surface area contributed by atoms with Crippen molar-refractivity contribution in [1.82, 2.24) is 10.6 Å². The van der Waals surface area contributed by atoms with Crippen molar-refractivity contribution >= 4 is 35.6 Å². The highest BCUT2D eigenvalue weighted by Crippen LogP contribution is 2.11. The Hall–Kier alpha value is -1.02. The largest absolute Gasteiger partial charge is 0.382 e. The number of halogens is 1. The quantitative estimate of drug-likeness (QED) is 0.203. The Kier molecular flexibility index (Phi) is 14.6. The molecule has 1 unspecified atom stereocenters. The minimum Gasteiger partial charge on any atom is -0.382 e. The topological polar surface area (TPSA) is 57.7 Å². The molecule has 0 amide bonds. The molecule has 6 heteroatoms. The number of para-hydroxylation sites is 1. The number of benzene rings is 1. The normalized spacial score (nSPS) is 12.4. The number of guanidine groups is 1. The summed E-state index contributed by atoms with van der Waals surface area (Å²) in [5.74, 6) is 1.37. The minimum atomic E-state index is 0. The summed E-state index contributed by atoms with van der Waals surface area (Å²) < 4.78 is 5.35. The molecule has 0 saturated heterocycles. The lowest BCUT2D eigenvalue weighted by atomic mass is 10.0. The molecule has 0 aliphatic heterocycles. The molecule has 0 radical (unpaired) electrons. The van der Waals surface area contributed by atoms with E-state index in [9.17, 15) is 0 Å². The second kappa shape index (κ2) is 15.3. The van der Waals surface area contributed by atoms with Crippen LogP contribution in [-0.2, 0) is 4.74 Å². The van der Waals surface area contributed by atoms with Crippen LogP contribution in [0.25, 0.3) is 0 Å². The first kappa shape index (κ1) is 24.0. The van der Waals surface area contributed by atoms with E-state index >= 15 is 0 Å². The predicted molar refractivity (Wildman–Crippen MR) is 119 cm³/mol. The molecular weight excluding hydrogens is 427 g/mol. The highest BCUT2D eigenvalue weighted by molar-refractivity contribution is 14.0. The van der Waals surface area contributed by atoms with Crippen LogP contribution in [0.1, 0.15) is 33.6 Å². The Morgan fingerprint density at radius 3 is 2.44 bits per heavy atom. The Morgan fingerprint density at radius 2 is 1.84 bits per heavy atom. The van der Waals surface area contributed by atoms with E-state index in [0.29, 0.717) is 12.0 Å². The van der Waals surface area contributed by atoms with Crippen molar-refractivity contribution in [2.75, 3.05) is 38.7 Å². The van der Waals surface area contributed by atoms with Crippen molar-refractivity contribution in [3.8, 4) is 0 Å². The smallest absolute Gasteiger partial charge is 0.191 e. The van der Waals surface area contributed by atoms with Gasteiger partial charge >= 0.3 is 0 Å². The number of unbranched alkanes of at least 4 members (excludes halogenated alkanes) is 1. The van der Waals surface area contributed by atoms with Gasteiger partial charge < -0.3 is 20.7 Å². The van der Waals surface area contributed by atoms with Crippen molar-refractivity contribution < 1.29 is 4.74 Å². The zero-order valence-electron chi connectivity index (χ0n) is 16.0. The lowest BCUT2D eigenvalue weighted by molar-refractivity contribution is 0.143. The fourth-order valence-corrected chi connectivity index (χ4v) is 2.31. The molecule has 0 aromatic heterocycles. The van der Waals surface area contributed by atoms with Crippen molar-refractivity contribution in [2.45, 2.75) is 39.7 Å². The van der Waals surface area contributed by atoms with Crippen molar-refractivity contribution in [3.63, 3.8) is 0 Å². The average molecular weight is 462 g/mol. The highest BCUT2D eigenvalue weighted by Gasteiger charge is 2.13. The summed E-state index contributed by atoms with van der Waals surface area (Å²) >= 11 is 0. The number of nitrogens with one attached hydrogen (secondary N) is 3. The molecule has 1 aromatic rings. The van der Waals surface area contributed by atoms with Crippen LogP contribution in [-0.4, -0.2) is 45.4 Å². The summed E-state index contributed by atoms with van der Waals surface area (Å²) in [6, 6.07) is 10.7. The number of anilines is 1. The number of hydrogen-bond donors (Lipinski definition) is 3. The summed E-state index contributed by atoms with van der Waals surface area (Å²) in [5.41, 5.74) is 1.15. The molecule has 5 nitrogen and oxygen atoms in total. The molecule has 1 rings (SSSR count). The molecule has 0 spiro atoms. The van der Waals surface area contributed by atoms with E-state index in [4.69, 9.17) is 4.74 Å². The molecule has 0 heterocycles. The molecule has 144 valence electrons. The van der Waals surface area contributed by atoms with E-state index in [2.05, 4.69) is 59.1 Å². The fraction of sp³-hybridized carbons (Fsp3) is 0.632. The van der Waals surface area contributed by atoms with Gasteiger partial charge in [-0.25, -0.2) is 0 Å². The maximum Gasteiger partial charge on any atom is 0.191 e. The van der Waals surface area contributed by atoms with Crippen LogP contribution in [0.3, 0.4) is 0 Å². The molecular formula is C19H35IN4O. The molecule has 1 aromatic carbocycles. The maximum atomic E-state index is 5.35. The van der Waals surface area contributed by atoms with Gasteiger partial charge in [0.1, 0.15) is 0 Å². The van der Waals surface area contributed by atoms with E-state index in [1.165, 1.54) is 0 Å². The molecule has 0 aliphatic rings. The maximum absolute atomic E-state index is 5.35. The van der Waals surface area contributed by atoms with Crippen LogP contribution < -0.4 is 16.0 Å². The third kappa shape index (κ3) is 11.3. The van der Waals surface area contributed by atoms with Gasteiger partial charge in [-0.05, 0) is 37.8 Å². The first-order valence-electron chi connectivity index (χ1n) is 9.01. The van der Waals surface area contributed by atoms with Crippen LogP contribution in [0.5, 0.6) is 0 Å². The van der Waals surface area contributed by atoms with Gasteiger partial charge in [0.25, 0.3) is 0 Å². The van der Waals surface area contributed by atoms with Gasteiger partial charge in [0.05, 0.1) is 0 Å². The SMILES string of the molecule is CCOCCCCNC(=NC)NCC(Nc1ccccc1)C(C)C.I. The molecule has 0 aliphatic carbocycles. The molecule has 0 saturated carbocycles. The molecule has 3 N–H and O–H groups in total. The molecule has 25 heavy (non-hydrogen) atoms. The van der Waals surface area contributed by atoms with Crippen LogP contribution in [0.15, 0.2) is 35.3 Å². The highest BCUT2D eigenvalue weighted by atomic mass is 127. The summed E-state index contributed by atoms with van der Waals surface area (Å²) in [4.78, 5) is 4.30. The van der Waals surface area contributed by atoms with Crippen LogP contribution in [0, 0.1) is 5.92 Å². The number of nitrogens with zero attached hydrogens (tertiary/aromatic N) is 1. The zero-order valence-corrected chi connectivity index (χ0v) is 18.4. The lowest BCUT2D eigenvalue weighted by Gasteiger charge is -2.25. The Morgan fingerprint density at radius 1 is 1.12 bits per heavy atom. The minimum absolute atomic E-state index is 0. The van der Waals surface area contributed by atoms with Crippen molar-refractivity contribution in [1.29, 1.82) is 0 Å². The Bertz CT molecular complexity index is 454. The van der Waals surface area contributed by atoms with Crippen LogP contribution in [0.4, 0.5) is 5.69 Å². The Balaban J connectivity index is 0.00000576. The molecule has 0 bridgehead atoms. The van der Waals surface area contributed by atoms with Gasteiger partial charge in [0, 0.05) is 45.1 Å². The Labute approximate surface area is 170 Å². The first-order valence-corrected chi connectivity index (χ1v) is 9.01. The van der Waals surface area contributed by atoms with Crippen molar-refractivity contribution in [3.05, 3.63) is 30.3 Å². The molecule has 0 fully saturated rings. The number of rotatable bonds is 11. The van der Waals surface area contributed by atoms with Gasteiger partial charge in [0.15, 0.2) is 5.96 Å². The van der Waals surface area contributed by atoms with Crippen LogP contribution in [0.2, 0.25) is 0 Å². The molecule has 1 atom stereocenters. The summed E-state index contributed by atoms with van der Waals surface area (Å²) in [6.07, 6.45) is 2.15. The summed E-state index contributed by atoms with van der Waals surface area (Å²) in [7, 11) is 1.81. The number of hydrogen-bond acceptors (Lipinski definition) is 3. The summed E-state index contributed by atoms with van der Waals surface area (Å²) in [5, 5.41) is 10.4. The van der Waals surface area contributed by atoms with Gasteiger partial charge in [-0.2, -0.15) is 0 Å². The standard InChI is InChI=1S/C19H34N4O.HI/c1-5-24-14-10-9-13-21-19(20-4)22-15-18(16(2)3)23-17-11-7-6-8-12-17;/h6-8,11-12,16,18,23H,5,9-10,13-15H2,1-4H3,(H2,20,21,22);1H. The van der Waals surface area contributed by atoms with E-state index in [1.807, 2.05) is 20.0 Å². The fourth-order valence-electron chi connectivity index (χ4n) is 2.31. The third-order valence-electron chi connectivity index (χ3n) is 3.86. The second-order valence-corrected chi connectivity index (χ2v) is 6.14. The number of aliphatic imine (C=N–C) groups is 1. The monoisotopic (exact) mass is 462 g/mol. The second-order valence-electron chi connectivity index (χ2n) is 6.14. The zero-order chi connectivity index (χ0) is 17.6. The first-order chi connectivity index (χ1) is 11.7. The predicted octanol–water partition coefficient (Wildman–Crippen LogP) is 3.72. The summed E-state index contributed by atoms with van der Waals surface area (Å²) in [6.45, 7) is 9.84. The van der Waals surface area contributed by atoms with Gasteiger partial charge in [-0.3, -0.25) is 4.99 Å². The van der Waals surface area contributed by atoms with E-state index in [0.717, 1.165) is 50.8 Å². The van der Waals surface area contributed by atoms with Gasteiger partial charge in [0.2, 0.25) is 0 Å². The van der Waals surface area contributed by atoms with Gasteiger partial charge in [-0.1, -0.05) is 32.0 Å². The van der Waals surface area contributed by atoms with E-state index in [-0.39, 0.29) is 24.0 Å². The van der Waals surface area contributed by atoms with Crippen LogP contribution >= 0.6 is 24.0 Å². The number of ether oxygens (including phenoxy) is 1. The average Bonchev–Trinajstić information content (AvgIpc) is 2.60. The van der Waals surface area contributed by atoms with Crippen molar-refractivity contribution in [2.24, 2.45) is 10.9 Å². The lowest BCUT2D eigenvalue weighted by Crippen LogP contribution is -2.45. The third-order valence-corrected chi connectivity index (χ3v) is 3.86. The van der Waals surface area contributed by atoms with E-state index in [1.54, 1.807) is 0 Å². The van der Waals surface area contributed by atoms with E-state index < -0.39 is 0 Å².